The molecule has 0 aliphatic rings. The molecule has 0 atom stereocenters. The molecule has 0 aliphatic carbocycles. The van der Waals surface area contributed by atoms with E-state index in [2.05, 4.69) is 15.0 Å². The molecular formula is C20H13ClF3N3O2. The lowest BCUT2D eigenvalue weighted by molar-refractivity contribution is -0.137. The summed E-state index contributed by atoms with van der Waals surface area (Å²) >= 11 is 5.84. The molecule has 0 amide bonds. The van der Waals surface area contributed by atoms with Gasteiger partial charge < -0.3 is 9.15 Å². The minimum atomic E-state index is -4.60. The first-order valence-electron chi connectivity index (χ1n) is 8.46. The lowest BCUT2D eigenvalue weighted by Crippen LogP contribution is -2.06. The van der Waals surface area contributed by atoms with Crippen molar-refractivity contribution in [1.29, 1.82) is 0 Å². The Morgan fingerprint density at radius 2 is 1.76 bits per heavy atom. The molecule has 2 heterocycles. The maximum atomic E-state index is 13.0. The van der Waals surface area contributed by atoms with Crippen molar-refractivity contribution >= 4 is 22.8 Å². The van der Waals surface area contributed by atoms with Crippen LogP contribution in [0.5, 0.6) is 11.8 Å². The minimum Gasteiger partial charge on any atom is -0.423 e. The SMILES string of the molecule is Cc1cc(C)cc(-c2nc3cnc(Oc4cccc(C(F)(F)F)c4Cl)nc3o2)c1. The number of hydrogen-bond acceptors (Lipinski definition) is 5. The molecule has 148 valence electrons. The summed E-state index contributed by atoms with van der Waals surface area (Å²) in [4.78, 5) is 12.4. The zero-order valence-corrected chi connectivity index (χ0v) is 16.0. The fourth-order valence-corrected chi connectivity index (χ4v) is 3.17. The van der Waals surface area contributed by atoms with E-state index >= 15 is 0 Å². The molecule has 0 saturated heterocycles. The third kappa shape index (κ3) is 3.88. The van der Waals surface area contributed by atoms with Gasteiger partial charge in [0.05, 0.1) is 16.8 Å². The molecule has 9 heteroatoms. The van der Waals surface area contributed by atoms with Crippen molar-refractivity contribution in [2.75, 3.05) is 0 Å². The first-order chi connectivity index (χ1) is 13.7. The first kappa shape index (κ1) is 19.2. The van der Waals surface area contributed by atoms with Crippen molar-refractivity contribution in [1.82, 2.24) is 15.0 Å². The summed E-state index contributed by atoms with van der Waals surface area (Å²) < 4.78 is 50.1. The average molecular weight is 420 g/mol. The number of ether oxygens (including phenoxy) is 1. The Morgan fingerprint density at radius 1 is 1.03 bits per heavy atom. The van der Waals surface area contributed by atoms with E-state index < -0.39 is 16.8 Å². The topological polar surface area (TPSA) is 61.0 Å². The molecule has 0 unspecified atom stereocenters. The Balaban J connectivity index is 1.69. The number of benzene rings is 2. The van der Waals surface area contributed by atoms with Gasteiger partial charge in [0, 0.05) is 5.56 Å². The molecule has 0 spiro atoms. The van der Waals surface area contributed by atoms with E-state index in [1.54, 1.807) is 0 Å². The fraction of sp³-hybridized carbons (Fsp3) is 0.150. The maximum absolute atomic E-state index is 13.0. The number of oxazole rings is 1. The lowest BCUT2D eigenvalue weighted by Gasteiger charge is -2.11. The highest BCUT2D eigenvalue weighted by atomic mass is 35.5. The summed E-state index contributed by atoms with van der Waals surface area (Å²) in [5.41, 5.74) is 2.42. The average Bonchev–Trinajstić information content (AvgIpc) is 3.05. The van der Waals surface area contributed by atoms with Gasteiger partial charge in [-0.25, -0.2) is 9.97 Å². The third-order valence-electron chi connectivity index (χ3n) is 4.07. The van der Waals surface area contributed by atoms with E-state index in [4.69, 9.17) is 20.8 Å². The van der Waals surface area contributed by atoms with E-state index in [1.165, 1.54) is 18.3 Å². The number of rotatable bonds is 3. The summed E-state index contributed by atoms with van der Waals surface area (Å²) in [6, 6.07) is 9.02. The smallest absolute Gasteiger partial charge is 0.417 e. The van der Waals surface area contributed by atoms with Gasteiger partial charge in [0.1, 0.15) is 11.3 Å². The Kier molecular flexibility index (Phi) is 4.66. The molecular weight excluding hydrogens is 407 g/mol. The van der Waals surface area contributed by atoms with Crippen LogP contribution in [0.1, 0.15) is 16.7 Å². The number of nitrogens with zero attached hydrogens (tertiary/aromatic N) is 3. The normalized spacial score (nSPS) is 11.8. The molecule has 0 bridgehead atoms. The van der Waals surface area contributed by atoms with Crippen LogP contribution in [0.3, 0.4) is 0 Å². The van der Waals surface area contributed by atoms with Crippen molar-refractivity contribution in [2.24, 2.45) is 0 Å². The number of hydrogen-bond donors (Lipinski definition) is 0. The van der Waals surface area contributed by atoms with Gasteiger partial charge in [-0.15, -0.1) is 0 Å². The fourth-order valence-electron chi connectivity index (χ4n) is 2.90. The Hall–Kier alpha value is -3.13. The van der Waals surface area contributed by atoms with Crippen LogP contribution in [0.4, 0.5) is 13.2 Å². The van der Waals surface area contributed by atoms with Crippen LogP contribution in [0.2, 0.25) is 5.02 Å². The van der Waals surface area contributed by atoms with Crippen LogP contribution < -0.4 is 4.74 Å². The van der Waals surface area contributed by atoms with E-state index in [-0.39, 0.29) is 17.5 Å². The second-order valence-corrected chi connectivity index (χ2v) is 6.83. The van der Waals surface area contributed by atoms with E-state index in [9.17, 15) is 13.2 Å². The predicted molar refractivity (Wildman–Crippen MR) is 101 cm³/mol. The molecule has 4 aromatic rings. The van der Waals surface area contributed by atoms with Gasteiger partial charge in [-0.1, -0.05) is 34.9 Å². The van der Waals surface area contributed by atoms with Gasteiger partial charge in [0.2, 0.25) is 5.89 Å². The van der Waals surface area contributed by atoms with Crippen molar-refractivity contribution in [3.8, 4) is 23.2 Å². The monoisotopic (exact) mass is 419 g/mol. The molecule has 0 N–H and O–H groups in total. The summed E-state index contributed by atoms with van der Waals surface area (Å²) in [6.07, 6.45) is -3.23. The zero-order valence-electron chi connectivity index (χ0n) is 15.2. The van der Waals surface area contributed by atoms with Gasteiger partial charge in [0.25, 0.3) is 5.71 Å². The molecule has 2 aromatic heterocycles. The predicted octanol–water partition coefficient (Wildman–Crippen LogP) is 6.37. The van der Waals surface area contributed by atoms with Gasteiger partial charge in [-0.3, -0.25) is 0 Å². The van der Waals surface area contributed by atoms with Crippen LogP contribution in [-0.4, -0.2) is 15.0 Å². The standard InChI is InChI=1S/C20H13ClF3N3O2/c1-10-6-11(2)8-12(7-10)17-26-14-9-25-19(27-18(14)29-17)28-15-5-3-4-13(16(15)21)20(22,23)24/h3-9H,1-2H3. The van der Waals surface area contributed by atoms with Crippen LogP contribution in [0.15, 0.2) is 47.0 Å². The van der Waals surface area contributed by atoms with Gasteiger partial charge >= 0.3 is 12.2 Å². The minimum absolute atomic E-state index is 0.146. The highest BCUT2D eigenvalue weighted by Crippen LogP contribution is 2.40. The quantitative estimate of drug-likeness (QED) is 0.386. The summed E-state index contributed by atoms with van der Waals surface area (Å²) in [5, 5.41) is -0.572. The second kappa shape index (κ2) is 7.04. The highest BCUT2D eigenvalue weighted by molar-refractivity contribution is 6.32. The maximum Gasteiger partial charge on any atom is 0.417 e. The number of halogens is 4. The van der Waals surface area contributed by atoms with E-state index in [0.717, 1.165) is 22.8 Å². The van der Waals surface area contributed by atoms with Crippen molar-refractivity contribution in [3.63, 3.8) is 0 Å². The second-order valence-electron chi connectivity index (χ2n) is 6.46. The molecule has 29 heavy (non-hydrogen) atoms. The summed E-state index contributed by atoms with van der Waals surface area (Å²) in [6.45, 7) is 3.92. The van der Waals surface area contributed by atoms with Crippen molar-refractivity contribution in [2.45, 2.75) is 20.0 Å². The van der Waals surface area contributed by atoms with Crippen LogP contribution >= 0.6 is 11.6 Å². The zero-order chi connectivity index (χ0) is 20.8. The van der Waals surface area contributed by atoms with E-state index in [1.807, 2.05) is 32.0 Å². The molecule has 0 radical (unpaired) electrons. The molecule has 4 rings (SSSR count). The van der Waals surface area contributed by atoms with Gasteiger partial charge in [0.15, 0.2) is 0 Å². The molecule has 5 nitrogen and oxygen atoms in total. The van der Waals surface area contributed by atoms with Crippen LogP contribution in [0.25, 0.3) is 22.7 Å². The van der Waals surface area contributed by atoms with Gasteiger partial charge in [-0.2, -0.15) is 18.2 Å². The first-order valence-corrected chi connectivity index (χ1v) is 8.84. The molecule has 0 aliphatic heterocycles. The number of alkyl halides is 3. The van der Waals surface area contributed by atoms with Crippen LogP contribution in [-0.2, 0) is 6.18 Å². The van der Waals surface area contributed by atoms with Gasteiger partial charge in [-0.05, 0) is 38.1 Å². The Labute approximate surface area is 168 Å². The van der Waals surface area contributed by atoms with Crippen LogP contribution in [0, 0.1) is 13.8 Å². The molecule has 2 aromatic carbocycles. The molecule has 0 saturated carbocycles. The lowest BCUT2D eigenvalue weighted by atomic mass is 10.1. The van der Waals surface area contributed by atoms with E-state index in [0.29, 0.717) is 11.4 Å². The van der Waals surface area contributed by atoms with Crippen molar-refractivity contribution < 1.29 is 22.3 Å². The van der Waals surface area contributed by atoms with Crippen molar-refractivity contribution in [3.05, 3.63) is 64.3 Å². The number of fused-ring (bicyclic) bond motifs is 1. The molecule has 0 fully saturated rings. The summed E-state index contributed by atoms with van der Waals surface area (Å²) in [5.74, 6) is 0.144. The summed E-state index contributed by atoms with van der Waals surface area (Å²) in [7, 11) is 0. The Bertz CT molecular complexity index is 1200. The number of aryl methyl sites for hydroxylation is 2. The number of aromatic nitrogens is 3. The Morgan fingerprint density at radius 3 is 2.45 bits per heavy atom. The third-order valence-corrected chi connectivity index (χ3v) is 4.46. The largest absolute Gasteiger partial charge is 0.423 e. The highest BCUT2D eigenvalue weighted by Gasteiger charge is 2.34.